The van der Waals surface area contributed by atoms with Gasteiger partial charge in [-0.3, -0.25) is 0 Å². The van der Waals surface area contributed by atoms with Gasteiger partial charge in [0.2, 0.25) is 0 Å². The molecule has 1 N–H and O–H groups in total. The quantitative estimate of drug-likeness (QED) is 0.774. The van der Waals surface area contributed by atoms with Crippen LogP contribution < -0.4 is 14.8 Å². The molecule has 0 aliphatic heterocycles. The van der Waals surface area contributed by atoms with Crippen molar-refractivity contribution in [1.82, 2.24) is 0 Å². The highest BCUT2D eigenvalue weighted by Crippen LogP contribution is 2.22. The molecule has 2 aromatic carbocycles. The Bertz CT molecular complexity index is 544. The number of hydrogen-bond acceptors (Lipinski definition) is 3. The van der Waals surface area contributed by atoms with E-state index in [-0.39, 0.29) is 0 Å². The molecule has 21 heavy (non-hydrogen) atoms. The van der Waals surface area contributed by atoms with Crippen molar-refractivity contribution in [2.24, 2.45) is 0 Å². The lowest BCUT2D eigenvalue weighted by molar-refractivity contribution is 0.328. The van der Waals surface area contributed by atoms with Crippen LogP contribution in [0.5, 0.6) is 11.5 Å². The molecule has 0 heterocycles. The molecular formula is C18H23NO2. The lowest BCUT2D eigenvalue weighted by Gasteiger charge is -2.13. The van der Waals surface area contributed by atoms with E-state index >= 15 is 0 Å². The lowest BCUT2D eigenvalue weighted by atomic mass is 10.1. The summed E-state index contributed by atoms with van der Waals surface area (Å²) >= 11 is 0. The van der Waals surface area contributed by atoms with Crippen molar-refractivity contribution in [2.75, 3.05) is 25.1 Å². The Morgan fingerprint density at radius 1 is 0.905 bits per heavy atom. The molecule has 112 valence electrons. The van der Waals surface area contributed by atoms with Crippen LogP contribution in [-0.2, 0) is 0 Å². The molecule has 3 heteroatoms. The van der Waals surface area contributed by atoms with Gasteiger partial charge in [-0.2, -0.15) is 0 Å². The van der Waals surface area contributed by atoms with E-state index < -0.39 is 0 Å². The number of nitrogens with one attached hydrogen (secondary N) is 1. The van der Waals surface area contributed by atoms with Crippen molar-refractivity contribution in [1.29, 1.82) is 0 Å². The molecule has 0 aliphatic rings. The van der Waals surface area contributed by atoms with Crippen LogP contribution in [0.4, 0.5) is 5.69 Å². The molecule has 0 amide bonds. The lowest BCUT2D eigenvalue weighted by Crippen LogP contribution is -2.12. The Balaban J connectivity index is 1.79. The van der Waals surface area contributed by atoms with Gasteiger partial charge in [-0.1, -0.05) is 18.2 Å². The topological polar surface area (TPSA) is 30.5 Å². The van der Waals surface area contributed by atoms with E-state index in [4.69, 9.17) is 9.47 Å². The summed E-state index contributed by atoms with van der Waals surface area (Å²) < 4.78 is 11.3. The number of benzene rings is 2. The van der Waals surface area contributed by atoms with Gasteiger partial charge in [-0.05, 0) is 56.2 Å². The second-order valence-electron chi connectivity index (χ2n) is 4.95. The first kappa shape index (κ1) is 15.2. The minimum Gasteiger partial charge on any atom is -0.494 e. The molecule has 0 bridgehead atoms. The standard InChI is InChI=1S/C18H23NO2/c1-4-20-17-10-8-16(9-11-17)19-12-13-21-18-14(2)6-5-7-15(18)3/h5-11,19H,4,12-13H2,1-3H3. The molecule has 0 aliphatic carbocycles. The number of hydrogen-bond donors (Lipinski definition) is 1. The average Bonchev–Trinajstić information content (AvgIpc) is 2.48. The molecule has 0 saturated heterocycles. The van der Waals surface area contributed by atoms with E-state index in [1.54, 1.807) is 0 Å². The van der Waals surface area contributed by atoms with Crippen molar-refractivity contribution in [3.8, 4) is 11.5 Å². The van der Waals surface area contributed by atoms with Crippen molar-refractivity contribution in [3.05, 3.63) is 53.6 Å². The van der Waals surface area contributed by atoms with E-state index in [9.17, 15) is 0 Å². The van der Waals surface area contributed by atoms with Gasteiger partial charge in [0.15, 0.2) is 0 Å². The highest BCUT2D eigenvalue weighted by molar-refractivity contribution is 5.46. The van der Waals surface area contributed by atoms with Gasteiger partial charge in [0.25, 0.3) is 0 Å². The van der Waals surface area contributed by atoms with Crippen LogP contribution in [0.2, 0.25) is 0 Å². The maximum absolute atomic E-state index is 5.86. The number of ether oxygens (including phenoxy) is 2. The van der Waals surface area contributed by atoms with Gasteiger partial charge in [-0.25, -0.2) is 0 Å². The molecule has 0 radical (unpaired) electrons. The van der Waals surface area contributed by atoms with Crippen molar-refractivity contribution in [3.63, 3.8) is 0 Å². The minimum atomic E-state index is 0.638. The minimum absolute atomic E-state index is 0.638. The third kappa shape index (κ3) is 4.42. The fraction of sp³-hybridized carbons (Fsp3) is 0.333. The molecule has 0 fully saturated rings. The molecule has 2 rings (SSSR count). The van der Waals surface area contributed by atoms with Crippen molar-refractivity contribution in [2.45, 2.75) is 20.8 Å². The Hall–Kier alpha value is -2.16. The molecule has 0 atom stereocenters. The summed E-state index contributed by atoms with van der Waals surface area (Å²) in [5.41, 5.74) is 3.43. The fourth-order valence-corrected chi connectivity index (χ4v) is 2.21. The van der Waals surface area contributed by atoms with Crippen LogP contribution in [-0.4, -0.2) is 19.8 Å². The van der Waals surface area contributed by atoms with E-state index in [2.05, 4.69) is 37.4 Å². The fourth-order valence-electron chi connectivity index (χ4n) is 2.21. The summed E-state index contributed by atoms with van der Waals surface area (Å²) in [6.07, 6.45) is 0. The third-order valence-electron chi connectivity index (χ3n) is 3.25. The van der Waals surface area contributed by atoms with E-state index in [0.29, 0.717) is 13.2 Å². The Labute approximate surface area is 126 Å². The van der Waals surface area contributed by atoms with Crippen LogP contribution in [0.1, 0.15) is 18.1 Å². The summed E-state index contributed by atoms with van der Waals surface area (Å²) in [5, 5.41) is 3.34. The zero-order valence-electron chi connectivity index (χ0n) is 13.0. The maximum Gasteiger partial charge on any atom is 0.125 e. The second-order valence-corrected chi connectivity index (χ2v) is 4.95. The summed E-state index contributed by atoms with van der Waals surface area (Å²) in [7, 11) is 0. The van der Waals surface area contributed by atoms with Gasteiger partial charge in [0, 0.05) is 12.2 Å². The van der Waals surface area contributed by atoms with Gasteiger partial charge < -0.3 is 14.8 Å². The Kier molecular flexibility index (Phi) is 5.50. The van der Waals surface area contributed by atoms with Gasteiger partial charge in [0.05, 0.1) is 6.61 Å². The zero-order chi connectivity index (χ0) is 15.1. The third-order valence-corrected chi connectivity index (χ3v) is 3.25. The first-order valence-corrected chi connectivity index (χ1v) is 7.36. The van der Waals surface area contributed by atoms with Crippen LogP contribution in [0.25, 0.3) is 0 Å². The molecule has 0 spiro atoms. The normalized spacial score (nSPS) is 10.2. The smallest absolute Gasteiger partial charge is 0.125 e. The summed E-state index contributed by atoms with van der Waals surface area (Å²) in [4.78, 5) is 0. The summed E-state index contributed by atoms with van der Waals surface area (Å²) in [6.45, 7) is 8.22. The predicted octanol–water partition coefficient (Wildman–Crippen LogP) is 4.19. The maximum atomic E-state index is 5.86. The Morgan fingerprint density at radius 3 is 2.19 bits per heavy atom. The monoisotopic (exact) mass is 285 g/mol. The molecule has 0 aromatic heterocycles. The summed E-state index contributed by atoms with van der Waals surface area (Å²) in [5.74, 6) is 1.89. The number of para-hydroxylation sites is 1. The highest BCUT2D eigenvalue weighted by Gasteiger charge is 2.02. The van der Waals surface area contributed by atoms with Crippen LogP contribution in [0, 0.1) is 13.8 Å². The van der Waals surface area contributed by atoms with Crippen LogP contribution in [0.15, 0.2) is 42.5 Å². The second kappa shape index (κ2) is 7.58. The van der Waals surface area contributed by atoms with E-state index in [0.717, 1.165) is 23.7 Å². The number of anilines is 1. The SMILES string of the molecule is CCOc1ccc(NCCOc2c(C)cccc2C)cc1. The zero-order valence-corrected chi connectivity index (χ0v) is 13.0. The van der Waals surface area contributed by atoms with E-state index in [1.165, 1.54) is 11.1 Å². The molecule has 0 saturated carbocycles. The van der Waals surface area contributed by atoms with Gasteiger partial charge >= 0.3 is 0 Å². The predicted molar refractivity (Wildman–Crippen MR) is 87.5 cm³/mol. The Morgan fingerprint density at radius 2 is 1.57 bits per heavy atom. The largest absolute Gasteiger partial charge is 0.494 e. The molecule has 0 unspecified atom stereocenters. The summed E-state index contributed by atoms with van der Waals surface area (Å²) in [6, 6.07) is 14.2. The number of rotatable bonds is 7. The molecular weight excluding hydrogens is 262 g/mol. The first-order valence-electron chi connectivity index (χ1n) is 7.36. The van der Waals surface area contributed by atoms with Gasteiger partial charge in [-0.15, -0.1) is 0 Å². The van der Waals surface area contributed by atoms with Gasteiger partial charge in [0.1, 0.15) is 18.1 Å². The first-order chi connectivity index (χ1) is 10.2. The van der Waals surface area contributed by atoms with Crippen molar-refractivity contribution >= 4 is 5.69 Å². The molecule has 3 nitrogen and oxygen atoms in total. The van der Waals surface area contributed by atoms with E-state index in [1.807, 2.05) is 31.2 Å². The van der Waals surface area contributed by atoms with Crippen LogP contribution in [0.3, 0.4) is 0 Å². The van der Waals surface area contributed by atoms with Crippen LogP contribution >= 0.6 is 0 Å². The molecule has 2 aromatic rings. The van der Waals surface area contributed by atoms with Crippen molar-refractivity contribution < 1.29 is 9.47 Å². The number of aryl methyl sites for hydroxylation is 2. The average molecular weight is 285 g/mol. The highest BCUT2D eigenvalue weighted by atomic mass is 16.5.